The maximum absolute atomic E-state index is 13.5. The third-order valence-corrected chi connectivity index (χ3v) is 6.24. The topological polar surface area (TPSA) is 64.0 Å². The van der Waals surface area contributed by atoms with Crippen LogP contribution in [0.25, 0.3) is 11.3 Å². The molecule has 166 valence electrons. The summed E-state index contributed by atoms with van der Waals surface area (Å²) >= 11 is 1.24. The van der Waals surface area contributed by atoms with E-state index < -0.39 is 0 Å². The van der Waals surface area contributed by atoms with Gasteiger partial charge >= 0.3 is 0 Å². The minimum atomic E-state index is -0.177. The summed E-state index contributed by atoms with van der Waals surface area (Å²) in [4.78, 5) is 30.6. The third-order valence-electron chi connectivity index (χ3n) is 5.29. The quantitative estimate of drug-likeness (QED) is 0.368. The number of hydrogen-bond donors (Lipinski definition) is 1. The Labute approximate surface area is 197 Å². The van der Waals surface area contributed by atoms with Crippen molar-refractivity contribution < 1.29 is 9.59 Å². The van der Waals surface area contributed by atoms with Crippen molar-refractivity contribution in [3.8, 4) is 11.3 Å². The number of aromatic nitrogens is 2. The molecule has 0 saturated carbocycles. The number of thioether (sulfide) groups is 1. The average Bonchev–Trinajstić information content (AvgIpc) is 3.24. The highest BCUT2D eigenvalue weighted by atomic mass is 32.2. The summed E-state index contributed by atoms with van der Waals surface area (Å²) in [6.07, 6.45) is 1.69. The first-order chi connectivity index (χ1) is 15.9. The van der Waals surface area contributed by atoms with Gasteiger partial charge in [0.1, 0.15) is 0 Å². The Morgan fingerprint density at radius 2 is 1.61 bits per heavy atom. The Morgan fingerprint density at radius 1 is 0.909 bits per heavy atom. The van der Waals surface area contributed by atoms with E-state index in [1.165, 1.54) is 11.8 Å². The molecule has 4 rings (SSSR count). The zero-order valence-corrected chi connectivity index (χ0v) is 19.6. The molecule has 0 spiro atoms. The van der Waals surface area contributed by atoms with Gasteiger partial charge in [-0.25, -0.2) is 4.98 Å². The van der Waals surface area contributed by atoms with E-state index in [2.05, 4.69) is 10.3 Å². The van der Waals surface area contributed by atoms with Gasteiger partial charge in [-0.15, -0.1) is 0 Å². The summed E-state index contributed by atoms with van der Waals surface area (Å²) < 4.78 is 1.59. The molecule has 0 saturated heterocycles. The number of nitrogens with zero attached hydrogens (tertiary/aromatic N) is 2. The number of amides is 1. The van der Waals surface area contributed by atoms with Gasteiger partial charge in [-0.3, -0.25) is 14.2 Å². The van der Waals surface area contributed by atoms with E-state index >= 15 is 0 Å². The predicted octanol–water partition coefficient (Wildman–Crippen LogP) is 5.89. The van der Waals surface area contributed by atoms with Crippen molar-refractivity contribution >= 4 is 29.3 Å². The molecule has 0 aliphatic carbocycles. The smallest absolute Gasteiger partial charge is 0.264 e. The number of aryl methyl sites for hydroxylation is 3. The Bertz CT molecular complexity index is 1290. The lowest BCUT2D eigenvalue weighted by Crippen LogP contribution is -2.17. The van der Waals surface area contributed by atoms with E-state index in [0.29, 0.717) is 16.4 Å². The van der Waals surface area contributed by atoms with E-state index in [0.717, 1.165) is 27.9 Å². The molecular formula is C27H25N3O2S. The molecule has 1 amide bonds. The Kier molecular flexibility index (Phi) is 6.75. The number of nitrogens with one attached hydrogen (secondary N) is 1. The van der Waals surface area contributed by atoms with Crippen molar-refractivity contribution in [3.05, 3.63) is 101 Å². The van der Waals surface area contributed by atoms with Gasteiger partial charge in [-0.05, 0) is 44.5 Å². The number of carbonyl (C=O) groups is 2. The largest absolute Gasteiger partial charge is 0.325 e. The molecule has 0 aliphatic rings. The van der Waals surface area contributed by atoms with E-state index in [1.54, 1.807) is 10.8 Å². The van der Waals surface area contributed by atoms with Crippen LogP contribution in [0.15, 0.2) is 84.1 Å². The number of rotatable bonds is 6. The van der Waals surface area contributed by atoms with Crippen LogP contribution < -0.4 is 5.32 Å². The molecule has 33 heavy (non-hydrogen) atoms. The summed E-state index contributed by atoms with van der Waals surface area (Å²) in [7, 11) is 0. The van der Waals surface area contributed by atoms with Crippen LogP contribution in [0.4, 0.5) is 5.69 Å². The molecule has 0 aliphatic heterocycles. The van der Waals surface area contributed by atoms with Crippen LogP contribution in [-0.2, 0) is 4.79 Å². The average molecular weight is 456 g/mol. The molecule has 0 bridgehead atoms. The summed E-state index contributed by atoms with van der Waals surface area (Å²) in [6, 6.07) is 23.0. The molecule has 0 atom stereocenters. The molecule has 3 aromatic carbocycles. The van der Waals surface area contributed by atoms with Crippen molar-refractivity contribution in [2.45, 2.75) is 25.9 Å². The highest BCUT2D eigenvalue weighted by Crippen LogP contribution is 2.27. The third kappa shape index (κ3) is 5.23. The lowest BCUT2D eigenvalue weighted by Gasteiger charge is -2.12. The fourth-order valence-electron chi connectivity index (χ4n) is 3.54. The molecule has 5 nitrogen and oxygen atoms in total. The van der Waals surface area contributed by atoms with Crippen LogP contribution in [0.2, 0.25) is 0 Å². The molecule has 0 radical (unpaired) electrons. The Morgan fingerprint density at radius 3 is 2.30 bits per heavy atom. The SMILES string of the molecule is Cc1ccc(C(=O)n2c(-c3ccccc3)cnc2SCC(=O)Nc2ccc(C)cc2C)cc1. The maximum atomic E-state index is 13.5. The van der Waals surface area contributed by atoms with E-state index in [-0.39, 0.29) is 17.6 Å². The van der Waals surface area contributed by atoms with Gasteiger partial charge in [-0.1, -0.05) is 77.5 Å². The standard InChI is InChI=1S/C27H25N3O2S/c1-18-9-12-22(13-10-18)26(32)30-24(21-7-5-4-6-8-21)16-28-27(30)33-17-25(31)29-23-14-11-19(2)15-20(23)3/h4-16H,17H2,1-3H3,(H,29,31). The highest BCUT2D eigenvalue weighted by Gasteiger charge is 2.20. The number of carbonyl (C=O) groups excluding carboxylic acids is 2. The van der Waals surface area contributed by atoms with E-state index in [9.17, 15) is 9.59 Å². The summed E-state index contributed by atoms with van der Waals surface area (Å²) in [5.74, 6) is -0.186. The van der Waals surface area contributed by atoms with E-state index in [1.807, 2.05) is 93.6 Å². The second-order valence-electron chi connectivity index (χ2n) is 7.95. The molecular weight excluding hydrogens is 430 g/mol. The first kappa shape index (κ1) is 22.6. The normalized spacial score (nSPS) is 10.8. The zero-order valence-electron chi connectivity index (χ0n) is 18.8. The number of imidazole rings is 1. The monoisotopic (exact) mass is 455 g/mol. The maximum Gasteiger partial charge on any atom is 0.264 e. The first-order valence-electron chi connectivity index (χ1n) is 10.7. The van der Waals surface area contributed by atoms with Crippen LogP contribution in [0, 0.1) is 20.8 Å². The molecule has 0 fully saturated rings. The van der Waals surface area contributed by atoms with Crippen LogP contribution in [-0.4, -0.2) is 27.1 Å². The number of hydrogen-bond acceptors (Lipinski definition) is 4. The minimum Gasteiger partial charge on any atom is -0.325 e. The van der Waals surface area contributed by atoms with Gasteiger partial charge < -0.3 is 5.32 Å². The van der Waals surface area contributed by atoms with Gasteiger partial charge in [0.2, 0.25) is 5.91 Å². The van der Waals surface area contributed by atoms with Crippen molar-refractivity contribution in [2.75, 3.05) is 11.1 Å². The van der Waals surface area contributed by atoms with Gasteiger partial charge in [0.25, 0.3) is 5.91 Å². The minimum absolute atomic E-state index is 0.139. The summed E-state index contributed by atoms with van der Waals surface area (Å²) in [5, 5.41) is 3.43. The Hall–Kier alpha value is -3.64. The molecule has 1 heterocycles. The van der Waals surface area contributed by atoms with Crippen molar-refractivity contribution in [1.82, 2.24) is 9.55 Å². The van der Waals surface area contributed by atoms with Crippen molar-refractivity contribution in [3.63, 3.8) is 0 Å². The Balaban J connectivity index is 1.60. The second kappa shape index (κ2) is 9.88. The fraction of sp³-hybridized carbons (Fsp3) is 0.148. The molecule has 1 N–H and O–H groups in total. The lowest BCUT2D eigenvalue weighted by molar-refractivity contribution is -0.113. The fourth-order valence-corrected chi connectivity index (χ4v) is 4.31. The van der Waals surface area contributed by atoms with Crippen molar-refractivity contribution in [1.29, 1.82) is 0 Å². The summed E-state index contributed by atoms with van der Waals surface area (Å²) in [6.45, 7) is 5.97. The van der Waals surface area contributed by atoms with Crippen LogP contribution in [0.3, 0.4) is 0 Å². The van der Waals surface area contributed by atoms with Crippen LogP contribution in [0.1, 0.15) is 27.0 Å². The molecule has 0 unspecified atom stereocenters. The first-order valence-corrected chi connectivity index (χ1v) is 11.7. The van der Waals surface area contributed by atoms with E-state index in [4.69, 9.17) is 0 Å². The van der Waals surface area contributed by atoms with Crippen LogP contribution in [0.5, 0.6) is 0 Å². The lowest BCUT2D eigenvalue weighted by atomic mass is 10.1. The number of benzene rings is 3. The highest BCUT2D eigenvalue weighted by molar-refractivity contribution is 7.99. The number of anilines is 1. The van der Waals surface area contributed by atoms with Crippen LogP contribution >= 0.6 is 11.8 Å². The zero-order chi connectivity index (χ0) is 23.4. The second-order valence-corrected chi connectivity index (χ2v) is 8.90. The molecule has 6 heteroatoms. The molecule has 4 aromatic rings. The predicted molar refractivity (Wildman–Crippen MR) is 134 cm³/mol. The van der Waals surface area contributed by atoms with Gasteiger partial charge in [0.05, 0.1) is 17.6 Å². The van der Waals surface area contributed by atoms with Gasteiger partial charge in [-0.2, -0.15) is 0 Å². The molecule has 1 aromatic heterocycles. The van der Waals surface area contributed by atoms with Gasteiger partial charge in [0, 0.05) is 16.8 Å². The van der Waals surface area contributed by atoms with Crippen molar-refractivity contribution in [2.24, 2.45) is 0 Å². The summed E-state index contributed by atoms with van der Waals surface area (Å²) in [5.41, 5.74) is 6.17. The van der Waals surface area contributed by atoms with Gasteiger partial charge in [0.15, 0.2) is 5.16 Å².